The zero-order chi connectivity index (χ0) is 41.0. The highest BCUT2D eigenvalue weighted by Gasteiger charge is 2.19. The van der Waals surface area contributed by atoms with Crippen LogP contribution >= 0.6 is 22.7 Å². The third-order valence-corrected chi connectivity index (χ3v) is 13.8. The van der Waals surface area contributed by atoms with Crippen LogP contribution in [0.2, 0.25) is 0 Å². The van der Waals surface area contributed by atoms with Gasteiger partial charge in [0, 0.05) is 42.4 Å². The third-order valence-electron chi connectivity index (χ3n) is 11.5. The van der Waals surface area contributed by atoms with E-state index < -0.39 is 0 Å². The Balaban J connectivity index is 0.896. The van der Waals surface area contributed by atoms with Gasteiger partial charge in [0.2, 0.25) is 0 Å². The summed E-state index contributed by atoms with van der Waals surface area (Å²) >= 11 is 3.51. The first-order valence-corrected chi connectivity index (χ1v) is 22.2. The summed E-state index contributed by atoms with van der Waals surface area (Å²) in [5.41, 5.74) is 14.8. The van der Waals surface area contributed by atoms with E-state index in [0.29, 0.717) is 0 Å². The molecule has 0 fully saturated rings. The largest absolute Gasteiger partial charge is 0.226 e. The maximum atomic E-state index is 5.23. The average Bonchev–Trinajstić information content (AvgIpc) is 3.93. The van der Waals surface area contributed by atoms with E-state index in [1.807, 2.05) is 12.1 Å². The van der Waals surface area contributed by atoms with E-state index in [2.05, 4.69) is 194 Å². The van der Waals surface area contributed by atoms with E-state index in [1.54, 1.807) is 22.7 Å². The minimum absolute atomic E-state index is 0.720. The van der Waals surface area contributed by atoms with Crippen LogP contribution in [0.15, 0.2) is 206 Å². The Labute approximate surface area is 366 Å². The van der Waals surface area contributed by atoms with Crippen molar-refractivity contribution in [3.05, 3.63) is 206 Å². The number of benzene rings is 8. The summed E-state index contributed by atoms with van der Waals surface area (Å²) in [6, 6.07) is 72.7. The van der Waals surface area contributed by atoms with Crippen molar-refractivity contribution in [3.63, 3.8) is 0 Å². The summed E-state index contributed by atoms with van der Waals surface area (Å²) in [5, 5.41) is 2.32. The van der Waals surface area contributed by atoms with Crippen molar-refractivity contribution >= 4 is 63.3 Å². The van der Waals surface area contributed by atoms with Crippen molar-refractivity contribution < 1.29 is 0 Å². The molecule has 4 nitrogen and oxygen atoms in total. The molecule has 0 saturated heterocycles. The van der Waals surface area contributed by atoms with Gasteiger partial charge in [-0.2, -0.15) is 0 Å². The molecular formula is C56H34N4S2. The van der Waals surface area contributed by atoms with Crippen molar-refractivity contribution in [2.45, 2.75) is 0 Å². The van der Waals surface area contributed by atoms with Crippen LogP contribution in [0.4, 0.5) is 0 Å². The Morgan fingerprint density at radius 3 is 0.952 bits per heavy atom. The van der Waals surface area contributed by atoms with Crippen LogP contribution in [-0.4, -0.2) is 19.9 Å². The second kappa shape index (κ2) is 15.1. The summed E-state index contributed by atoms with van der Waals surface area (Å²) in [6.07, 6.45) is 0. The van der Waals surface area contributed by atoms with Crippen molar-refractivity contribution in [3.8, 4) is 78.7 Å². The molecule has 0 amide bonds. The van der Waals surface area contributed by atoms with Gasteiger partial charge in [0.05, 0.1) is 31.8 Å². The summed E-state index contributed by atoms with van der Waals surface area (Å²) in [4.78, 5) is 20.9. The lowest BCUT2D eigenvalue weighted by molar-refractivity contribution is 1.24. The van der Waals surface area contributed by atoms with E-state index in [4.69, 9.17) is 19.9 Å². The van der Waals surface area contributed by atoms with Gasteiger partial charge in [0.25, 0.3) is 0 Å². The van der Waals surface area contributed by atoms with Crippen LogP contribution in [0.25, 0.3) is 119 Å². The van der Waals surface area contributed by atoms with Gasteiger partial charge in [-0.3, -0.25) is 0 Å². The summed E-state index contributed by atoms with van der Waals surface area (Å²) in [5.74, 6) is 1.44. The van der Waals surface area contributed by atoms with Gasteiger partial charge in [-0.25, -0.2) is 19.9 Å². The Kier molecular flexibility index (Phi) is 8.84. The number of thiophene rings is 2. The first kappa shape index (κ1) is 36.2. The molecule has 0 aliphatic heterocycles. The Morgan fingerprint density at radius 2 is 0.565 bits per heavy atom. The lowest BCUT2D eigenvalue weighted by Gasteiger charge is -2.11. The van der Waals surface area contributed by atoms with Crippen molar-refractivity contribution in [2.75, 3.05) is 0 Å². The third kappa shape index (κ3) is 6.45. The van der Waals surface area contributed by atoms with Gasteiger partial charge < -0.3 is 0 Å². The molecule has 0 radical (unpaired) electrons. The molecule has 0 unspecified atom stereocenters. The molecule has 0 N–H and O–H groups in total. The zero-order valence-electron chi connectivity index (χ0n) is 33.2. The molecule has 0 spiro atoms. The van der Waals surface area contributed by atoms with Crippen molar-refractivity contribution in [2.24, 2.45) is 0 Å². The van der Waals surface area contributed by atoms with Gasteiger partial charge >= 0.3 is 0 Å². The van der Waals surface area contributed by atoms with E-state index >= 15 is 0 Å². The maximum absolute atomic E-state index is 5.23. The molecule has 0 bridgehead atoms. The first-order valence-electron chi connectivity index (χ1n) is 20.6. The molecule has 0 saturated carbocycles. The monoisotopic (exact) mass is 826 g/mol. The van der Waals surface area contributed by atoms with E-state index in [0.717, 1.165) is 110 Å². The molecule has 0 atom stereocenters. The predicted molar refractivity (Wildman–Crippen MR) is 261 cm³/mol. The number of hydrogen-bond acceptors (Lipinski definition) is 6. The highest BCUT2D eigenvalue weighted by molar-refractivity contribution is 7.26. The van der Waals surface area contributed by atoms with Crippen LogP contribution in [0.5, 0.6) is 0 Å². The zero-order valence-corrected chi connectivity index (χ0v) is 34.9. The van der Waals surface area contributed by atoms with Crippen LogP contribution in [0.3, 0.4) is 0 Å². The molecular weight excluding hydrogens is 793 g/mol. The standard InChI is InChI=1S/C56H34N4S2/c1-3-15-35(16-4-1)49-53-51(45-27-7-9-29-47(45)61-53)59-55(57-49)43-25-13-23-41(33-43)39-21-11-19-37(31-39)38-20-12-22-40(32-38)42-24-14-26-44(34-42)56-58-50(36-17-5-2-6-18-36)54-52(60-56)46-28-8-10-30-48(46)62-54/h1-34H. The Hall–Kier alpha value is -7.64. The quantitative estimate of drug-likeness (QED) is 0.161. The fraction of sp³-hybridized carbons (Fsp3) is 0. The number of hydrogen-bond donors (Lipinski definition) is 0. The minimum Gasteiger partial charge on any atom is -0.226 e. The van der Waals surface area contributed by atoms with Gasteiger partial charge in [-0.1, -0.05) is 170 Å². The van der Waals surface area contributed by atoms with Gasteiger partial charge in [-0.15, -0.1) is 22.7 Å². The molecule has 4 heterocycles. The van der Waals surface area contributed by atoms with E-state index in [-0.39, 0.29) is 0 Å². The summed E-state index contributed by atoms with van der Waals surface area (Å²) < 4.78 is 4.64. The van der Waals surface area contributed by atoms with Crippen LogP contribution in [-0.2, 0) is 0 Å². The normalized spacial score (nSPS) is 11.5. The number of fused-ring (bicyclic) bond motifs is 6. The van der Waals surface area contributed by atoms with Crippen LogP contribution in [0.1, 0.15) is 0 Å². The van der Waals surface area contributed by atoms with Gasteiger partial charge in [0.1, 0.15) is 0 Å². The Morgan fingerprint density at radius 1 is 0.258 bits per heavy atom. The van der Waals surface area contributed by atoms with Crippen LogP contribution < -0.4 is 0 Å². The molecule has 290 valence electrons. The molecule has 0 aliphatic carbocycles. The highest BCUT2D eigenvalue weighted by atomic mass is 32.1. The number of nitrogens with zero attached hydrogens (tertiary/aromatic N) is 4. The van der Waals surface area contributed by atoms with Crippen LogP contribution in [0, 0.1) is 0 Å². The molecule has 12 rings (SSSR count). The first-order chi connectivity index (χ1) is 30.7. The molecule has 12 aromatic rings. The summed E-state index contributed by atoms with van der Waals surface area (Å²) in [6.45, 7) is 0. The molecule has 0 aliphatic rings. The van der Waals surface area contributed by atoms with Gasteiger partial charge in [-0.05, 0) is 69.8 Å². The lowest BCUT2D eigenvalue weighted by atomic mass is 9.95. The topological polar surface area (TPSA) is 51.6 Å². The lowest BCUT2D eigenvalue weighted by Crippen LogP contribution is -1.94. The Bertz CT molecular complexity index is 3410. The molecule has 4 aromatic heterocycles. The second-order valence-electron chi connectivity index (χ2n) is 15.4. The second-order valence-corrected chi connectivity index (χ2v) is 17.5. The number of aromatic nitrogens is 4. The van der Waals surface area contributed by atoms with E-state index in [1.165, 1.54) is 9.40 Å². The van der Waals surface area contributed by atoms with Crippen molar-refractivity contribution in [1.29, 1.82) is 0 Å². The minimum atomic E-state index is 0.720. The predicted octanol–water partition coefficient (Wildman–Crippen LogP) is 15.7. The summed E-state index contributed by atoms with van der Waals surface area (Å²) in [7, 11) is 0. The fourth-order valence-electron chi connectivity index (χ4n) is 8.46. The SMILES string of the molecule is c1ccc(-c2nc(-c3cccc(-c4cccc(-c5cccc(-c6cccc(-c7nc(-c8ccccc8)c8sc9ccccc9c8n7)c6)c5)c4)c3)nc3c2sc2ccccc23)cc1. The van der Waals surface area contributed by atoms with E-state index in [9.17, 15) is 0 Å². The fourth-order valence-corrected chi connectivity index (χ4v) is 10.8. The van der Waals surface area contributed by atoms with Crippen molar-refractivity contribution in [1.82, 2.24) is 19.9 Å². The number of rotatable bonds is 7. The molecule has 8 aromatic carbocycles. The average molecular weight is 827 g/mol. The smallest absolute Gasteiger partial charge is 0.160 e. The maximum Gasteiger partial charge on any atom is 0.160 e. The van der Waals surface area contributed by atoms with Gasteiger partial charge in [0.15, 0.2) is 11.6 Å². The molecule has 6 heteroatoms. The molecule has 62 heavy (non-hydrogen) atoms. The highest BCUT2D eigenvalue weighted by Crippen LogP contribution is 2.42.